The molecule has 0 saturated carbocycles. The molecular weight excluding hydrogens is 492 g/mol. The average Bonchev–Trinajstić information content (AvgIpc) is 2.95. The maximum absolute atomic E-state index is 13.2. The molecule has 37 heavy (non-hydrogen) atoms. The Morgan fingerprint density at radius 1 is 1.00 bits per heavy atom. The van der Waals surface area contributed by atoms with Gasteiger partial charge in [0.2, 0.25) is 5.95 Å². The summed E-state index contributed by atoms with van der Waals surface area (Å²) >= 11 is 0. The predicted molar refractivity (Wildman–Crippen MR) is 142 cm³/mol. The highest BCUT2D eigenvalue weighted by Crippen LogP contribution is 2.25. The minimum Gasteiger partial charge on any atom is -0.494 e. The number of hydrogen-bond acceptors (Lipinski definition) is 8. The van der Waals surface area contributed by atoms with Gasteiger partial charge in [0, 0.05) is 45.1 Å². The fourth-order valence-electron chi connectivity index (χ4n) is 3.95. The maximum Gasteiger partial charge on any atom is 0.277 e. The second kappa shape index (κ2) is 12.7. The van der Waals surface area contributed by atoms with Gasteiger partial charge in [0.05, 0.1) is 17.1 Å². The minimum absolute atomic E-state index is 0.175. The molecule has 1 atom stereocenters. The summed E-state index contributed by atoms with van der Waals surface area (Å²) in [6, 6.07) is 15.9. The number of aromatic nitrogens is 2. The van der Waals surface area contributed by atoms with Crippen LogP contribution in [0.15, 0.2) is 65.8 Å². The van der Waals surface area contributed by atoms with Crippen LogP contribution >= 0.6 is 0 Å². The Morgan fingerprint density at radius 3 is 2.16 bits per heavy atom. The first-order chi connectivity index (χ1) is 17.9. The summed E-state index contributed by atoms with van der Waals surface area (Å²) < 4.78 is 20.9. The summed E-state index contributed by atoms with van der Waals surface area (Å²) in [6.07, 6.45) is 3.72. The number of benzene rings is 2. The van der Waals surface area contributed by atoms with Gasteiger partial charge in [0.1, 0.15) is 16.7 Å². The topological polar surface area (TPSA) is 111 Å². The van der Waals surface area contributed by atoms with Crippen molar-refractivity contribution in [2.75, 3.05) is 58.3 Å². The average molecular weight is 525 g/mol. The van der Waals surface area contributed by atoms with Crippen molar-refractivity contribution in [1.29, 1.82) is 0 Å². The molecule has 10 nitrogen and oxygen atoms in total. The molecule has 11 heteroatoms. The van der Waals surface area contributed by atoms with Gasteiger partial charge in [0.15, 0.2) is 0 Å². The molecule has 0 radical (unpaired) electrons. The van der Waals surface area contributed by atoms with Gasteiger partial charge >= 0.3 is 0 Å². The molecule has 1 saturated heterocycles. The Balaban J connectivity index is 1.29. The van der Waals surface area contributed by atoms with Gasteiger partial charge < -0.3 is 14.5 Å². The van der Waals surface area contributed by atoms with E-state index in [1.54, 1.807) is 5.48 Å². The number of nitrogens with zero attached hydrogens (tertiary/aromatic N) is 5. The van der Waals surface area contributed by atoms with E-state index >= 15 is 0 Å². The van der Waals surface area contributed by atoms with Crippen molar-refractivity contribution in [3.63, 3.8) is 0 Å². The summed E-state index contributed by atoms with van der Waals surface area (Å²) in [4.78, 5) is 24.7. The first-order valence-corrected chi connectivity index (χ1v) is 13.2. The number of rotatable bonds is 10. The summed E-state index contributed by atoms with van der Waals surface area (Å²) in [7, 11) is 2.84. The van der Waals surface area contributed by atoms with Gasteiger partial charge in [-0.15, -0.1) is 0 Å². The van der Waals surface area contributed by atoms with E-state index in [1.807, 2.05) is 57.7 Å². The SMILES string of the molecule is CN(C)CCCOc1ccc(-c2ccc(S(=O)N3CCN(c4ncc(C(=O)NO)cn4)CC3)cc2)cc1. The minimum atomic E-state index is -1.27. The van der Waals surface area contributed by atoms with Crippen LogP contribution in [0.5, 0.6) is 5.75 Å². The molecular formula is C26H32N6O4S. The molecule has 0 aliphatic carbocycles. The number of carbonyl (C=O) groups is 1. The van der Waals surface area contributed by atoms with Crippen LogP contribution in [0.1, 0.15) is 16.8 Å². The fourth-order valence-corrected chi connectivity index (χ4v) is 5.11. The Hall–Kier alpha value is -3.38. The van der Waals surface area contributed by atoms with Crippen molar-refractivity contribution in [3.8, 4) is 16.9 Å². The highest BCUT2D eigenvalue weighted by molar-refractivity contribution is 7.82. The van der Waals surface area contributed by atoms with Gasteiger partial charge in [-0.1, -0.05) is 24.3 Å². The number of ether oxygens (including phenoxy) is 1. The molecule has 1 fully saturated rings. The molecule has 2 N–H and O–H groups in total. The second-order valence-electron chi connectivity index (χ2n) is 8.93. The standard InChI is InChI=1S/C26H32N6O4S/c1-30(2)12-3-17-36-23-8-4-20(5-9-23)21-6-10-24(11-7-21)37(35)32-15-13-31(14-16-32)26-27-18-22(19-28-26)25(33)29-34/h4-11,18-19,34H,3,12-17H2,1-2H3,(H,29,33). The number of nitrogens with one attached hydrogen (secondary N) is 1. The molecule has 0 spiro atoms. The summed E-state index contributed by atoms with van der Waals surface area (Å²) in [5, 5.41) is 8.70. The van der Waals surface area contributed by atoms with Crippen molar-refractivity contribution in [3.05, 3.63) is 66.5 Å². The Bertz CT molecular complexity index is 1180. The normalized spacial score (nSPS) is 15.0. The van der Waals surface area contributed by atoms with E-state index in [9.17, 15) is 9.00 Å². The van der Waals surface area contributed by atoms with Crippen molar-refractivity contribution in [1.82, 2.24) is 24.7 Å². The van der Waals surface area contributed by atoms with E-state index < -0.39 is 16.9 Å². The third-order valence-corrected chi connectivity index (χ3v) is 7.53. The van der Waals surface area contributed by atoms with Gasteiger partial charge in [-0.2, -0.15) is 0 Å². The lowest BCUT2D eigenvalue weighted by atomic mass is 10.1. The number of hydroxylamine groups is 1. The number of carbonyl (C=O) groups excluding carboxylic acids is 1. The van der Waals surface area contributed by atoms with E-state index in [2.05, 4.69) is 29.0 Å². The maximum atomic E-state index is 13.2. The Kier molecular flexibility index (Phi) is 9.18. The van der Waals surface area contributed by atoms with Crippen molar-refractivity contribution < 1.29 is 18.9 Å². The zero-order valence-electron chi connectivity index (χ0n) is 21.0. The quantitative estimate of drug-likeness (QED) is 0.236. The molecule has 1 aliphatic heterocycles. The molecule has 1 amide bonds. The largest absolute Gasteiger partial charge is 0.494 e. The van der Waals surface area contributed by atoms with Gasteiger partial charge in [0.25, 0.3) is 5.91 Å². The van der Waals surface area contributed by atoms with Crippen LogP contribution in [0, 0.1) is 0 Å². The molecule has 1 aliphatic rings. The summed E-state index contributed by atoms with van der Waals surface area (Å²) in [5.41, 5.74) is 3.87. The van der Waals surface area contributed by atoms with Crippen LogP contribution in [0.3, 0.4) is 0 Å². The Morgan fingerprint density at radius 2 is 1.59 bits per heavy atom. The number of hydrogen-bond donors (Lipinski definition) is 2. The Labute approximate surface area is 219 Å². The van der Waals surface area contributed by atoms with Gasteiger partial charge in [-0.25, -0.2) is 24.0 Å². The molecule has 1 aromatic heterocycles. The monoisotopic (exact) mass is 524 g/mol. The molecule has 3 aromatic rings. The lowest BCUT2D eigenvalue weighted by Crippen LogP contribution is -2.47. The lowest BCUT2D eigenvalue weighted by molar-refractivity contribution is 0.0705. The molecule has 2 heterocycles. The third kappa shape index (κ3) is 7.10. The first kappa shape index (κ1) is 26.7. The van der Waals surface area contributed by atoms with E-state index in [1.165, 1.54) is 12.4 Å². The van der Waals surface area contributed by atoms with Crippen LogP contribution in [0.2, 0.25) is 0 Å². The van der Waals surface area contributed by atoms with Crippen molar-refractivity contribution in [2.45, 2.75) is 11.3 Å². The molecule has 0 bridgehead atoms. The third-order valence-electron chi connectivity index (χ3n) is 6.02. The van der Waals surface area contributed by atoms with Crippen molar-refractivity contribution in [2.24, 2.45) is 0 Å². The summed E-state index contributed by atoms with van der Waals surface area (Å²) in [6.45, 7) is 4.09. The van der Waals surface area contributed by atoms with E-state index in [-0.39, 0.29) is 5.56 Å². The highest BCUT2D eigenvalue weighted by atomic mass is 32.2. The van der Waals surface area contributed by atoms with Crippen LogP contribution in [-0.2, 0) is 11.0 Å². The zero-order chi connectivity index (χ0) is 26.2. The number of anilines is 1. The van der Waals surface area contributed by atoms with E-state index in [4.69, 9.17) is 9.94 Å². The van der Waals surface area contributed by atoms with E-state index in [0.29, 0.717) is 38.7 Å². The molecule has 196 valence electrons. The highest BCUT2D eigenvalue weighted by Gasteiger charge is 2.24. The second-order valence-corrected chi connectivity index (χ2v) is 10.4. The summed E-state index contributed by atoms with van der Waals surface area (Å²) in [5.74, 6) is 0.695. The van der Waals surface area contributed by atoms with Crippen LogP contribution in [-0.4, -0.2) is 87.9 Å². The van der Waals surface area contributed by atoms with Gasteiger partial charge in [-0.05, 0) is 55.9 Å². The first-order valence-electron chi connectivity index (χ1n) is 12.1. The number of piperazine rings is 1. The van der Waals surface area contributed by atoms with Crippen molar-refractivity contribution >= 4 is 22.8 Å². The molecule has 2 aromatic carbocycles. The van der Waals surface area contributed by atoms with Gasteiger partial charge in [-0.3, -0.25) is 10.0 Å². The molecule has 4 rings (SSSR count). The molecule has 1 unspecified atom stereocenters. The smallest absolute Gasteiger partial charge is 0.277 e. The zero-order valence-corrected chi connectivity index (χ0v) is 21.9. The van der Waals surface area contributed by atoms with E-state index in [0.717, 1.165) is 34.7 Å². The van der Waals surface area contributed by atoms with Crippen LogP contribution in [0.4, 0.5) is 5.95 Å². The number of amides is 1. The fraction of sp³-hybridized carbons (Fsp3) is 0.346. The predicted octanol–water partition coefficient (Wildman–Crippen LogP) is 2.44. The lowest BCUT2D eigenvalue weighted by Gasteiger charge is -2.33. The van der Waals surface area contributed by atoms with Crippen LogP contribution in [0.25, 0.3) is 11.1 Å². The van der Waals surface area contributed by atoms with Crippen LogP contribution < -0.4 is 15.1 Å².